The number of nitrogens with one attached hydrogen (secondary N) is 1. The summed E-state index contributed by atoms with van der Waals surface area (Å²) >= 11 is 0. The topological polar surface area (TPSA) is 47.3 Å². The van der Waals surface area contributed by atoms with Crippen molar-refractivity contribution >= 4 is 5.57 Å². The Labute approximate surface area is 159 Å². The van der Waals surface area contributed by atoms with E-state index in [-0.39, 0.29) is 29.3 Å². The van der Waals surface area contributed by atoms with Crippen molar-refractivity contribution in [3.8, 4) is 0 Å². The Morgan fingerprint density at radius 3 is 2.67 bits per heavy atom. The molecule has 3 unspecified atom stereocenters. The van der Waals surface area contributed by atoms with E-state index in [1.807, 2.05) is 7.05 Å². The third-order valence-corrected chi connectivity index (χ3v) is 6.64. The molecule has 3 saturated carbocycles. The number of hydrogen-bond donors (Lipinski definition) is 1. The Balaban J connectivity index is 1.59. The fourth-order valence-corrected chi connectivity index (χ4v) is 4.59. The minimum atomic E-state index is -0.608. The fraction of sp³-hybridized carbons (Fsp3) is 0.667. The second-order valence-electron chi connectivity index (χ2n) is 8.02. The molecule has 1 aromatic heterocycles. The van der Waals surface area contributed by atoms with Crippen LogP contribution in [0.4, 0.5) is 8.78 Å². The second-order valence-corrected chi connectivity index (χ2v) is 8.02. The van der Waals surface area contributed by atoms with Crippen LogP contribution in [0, 0.1) is 5.92 Å². The maximum Gasteiger partial charge on any atom is 0.145 e. The first-order valence-corrected chi connectivity index (χ1v) is 10.0. The molecule has 3 fully saturated rings. The average Bonchev–Trinajstić information content (AvgIpc) is 3.43. The van der Waals surface area contributed by atoms with Gasteiger partial charge in [-0.1, -0.05) is 18.2 Å². The van der Waals surface area contributed by atoms with E-state index < -0.39 is 11.7 Å². The zero-order valence-electron chi connectivity index (χ0n) is 16.3. The Kier molecular flexibility index (Phi) is 4.97. The first kappa shape index (κ1) is 18.8. The van der Waals surface area contributed by atoms with Gasteiger partial charge in [-0.2, -0.15) is 0 Å². The van der Waals surface area contributed by atoms with E-state index in [1.165, 1.54) is 18.9 Å². The van der Waals surface area contributed by atoms with Crippen LogP contribution >= 0.6 is 0 Å². The molecule has 0 saturated heterocycles. The maximum absolute atomic E-state index is 14.5. The van der Waals surface area contributed by atoms with Crippen LogP contribution in [0.5, 0.6) is 0 Å². The number of nitrogens with zero attached hydrogens (tertiary/aromatic N) is 1. The minimum absolute atomic E-state index is 0.0870. The highest BCUT2D eigenvalue weighted by molar-refractivity contribution is 5.78. The number of rotatable bonds is 8. The molecule has 0 bridgehead atoms. The van der Waals surface area contributed by atoms with Gasteiger partial charge < -0.3 is 14.6 Å². The van der Waals surface area contributed by atoms with Gasteiger partial charge in [0, 0.05) is 22.9 Å². The molecule has 3 atom stereocenters. The summed E-state index contributed by atoms with van der Waals surface area (Å²) in [6, 6.07) is 0. The predicted octanol–water partition coefficient (Wildman–Crippen LogP) is 5.17. The summed E-state index contributed by atoms with van der Waals surface area (Å²) in [4.78, 5) is 0. The molecule has 0 aliphatic heterocycles. The molecule has 148 valence electrons. The van der Waals surface area contributed by atoms with E-state index in [4.69, 9.17) is 9.26 Å². The van der Waals surface area contributed by atoms with Crippen molar-refractivity contribution in [1.29, 1.82) is 0 Å². The van der Waals surface area contributed by atoms with Crippen molar-refractivity contribution in [1.82, 2.24) is 10.5 Å². The van der Waals surface area contributed by atoms with Gasteiger partial charge in [-0.15, -0.1) is 0 Å². The summed E-state index contributed by atoms with van der Waals surface area (Å²) in [5, 5.41) is 7.50. The molecule has 6 heteroatoms. The smallest absolute Gasteiger partial charge is 0.145 e. The summed E-state index contributed by atoms with van der Waals surface area (Å²) in [5.41, 5.74) is 1.14. The van der Waals surface area contributed by atoms with E-state index in [9.17, 15) is 8.78 Å². The van der Waals surface area contributed by atoms with Crippen LogP contribution in [0.25, 0.3) is 5.57 Å². The summed E-state index contributed by atoms with van der Waals surface area (Å²) in [7, 11) is 2.01. The lowest BCUT2D eigenvalue weighted by Gasteiger charge is -2.62. The van der Waals surface area contributed by atoms with Gasteiger partial charge in [-0.3, -0.25) is 0 Å². The molecule has 3 aliphatic carbocycles. The van der Waals surface area contributed by atoms with Gasteiger partial charge in [0.2, 0.25) is 0 Å². The maximum atomic E-state index is 14.5. The van der Waals surface area contributed by atoms with Crippen molar-refractivity contribution in [2.75, 3.05) is 7.05 Å². The molecule has 1 aromatic rings. The molecule has 27 heavy (non-hydrogen) atoms. The Morgan fingerprint density at radius 2 is 2.15 bits per heavy atom. The number of fused-ring (bicyclic) bond motifs is 1. The largest absolute Gasteiger partial charge is 0.373 e. The highest BCUT2D eigenvalue weighted by atomic mass is 19.1. The summed E-state index contributed by atoms with van der Waals surface area (Å²) in [6.45, 7) is 3.51. The molecule has 3 aliphatic rings. The first-order valence-electron chi connectivity index (χ1n) is 10.0. The summed E-state index contributed by atoms with van der Waals surface area (Å²) in [5.74, 6) is 0.446. The van der Waals surface area contributed by atoms with Crippen LogP contribution in [-0.4, -0.2) is 23.8 Å². The van der Waals surface area contributed by atoms with Crippen LogP contribution in [0.3, 0.4) is 0 Å². The van der Waals surface area contributed by atoms with Gasteiger partial charge >= 0.3 is 0 Å². The lowest BCUT2D eigenvalue weighted by Crippen LogP contribution is -2.71. The quantitative estimate of drug-likeness (QED) is 0.634. The van der Waals surface area contributed by atoms with Gasteiger partial charge in [0.25, 0.3) is 0 Å². The molecule has 4 nitrogen and oxygen atoms in total. The lowest BCUT2D eigenvalue weighted by molar-refractivity contribution is -0.168. The van der Waals surface area contributed by atoms with Crippen LogP contribution in [0.2, 0.25) is 0 Å². The van der Waals surface area contributed by atoms with Crippen molar-refractivity contribution < 1.29 is 18.0 Å². The molecule has 0 aromatic carbocycles. The van der Waals surface area contributed by atoms with E-state index >= 15 is 0 Å². The van der Waals surface area contributed by atoms with Gasteiger partial charge in [-0.25, -0.2) is 8.78 Å². The van der Waals surface area contributed by atoms with Gasteiger partial charge in [0.05, 0.1) is 18.3 Å². The monoisotopic (exact) mass is 378 g/mol. The lowest BCUT2D eigenvalue weighted by atomic mass is 9.51. The molecular weight excluding hydrogens is 350 g/mol. The van der Waals surface area contributed by atoms with Crippen LogP contribution < -0.4 is 5.32 Å². The van der Waals surface area contributed by atoms with Crippen LogP contribution in [-0.2, 0) is 11.3 Å². The van der Waals surface area contributed by atoms with Gasteiger partial charge in [0.1, 0.15) is 23.1 Å². The zero-order chi connectivity index (χ0) is 19.2. The van der Waals surface area contributed by atoms with E-state index in [1.54, 1.807) is 13.8 Å². The Bertz CT molecular complexity index is 777. The molecular formula is C21H28F2N2O2. The number of halogens is 2. The third-order valence-electron chi connectivity index (χ3n) is 6.64. The SMILES string of the molecule is C/C=C(F)\C(=C(\F)CC)c1noc(C2CC2)c1COC1CC2(NC)CCC12. The average molecular weight is 378 g/mol. The van der Waals surface area contributed by atoms with Crippen LogP contribution in [0.1, 0.15) is 75.3 Å². The first-order chi connectivity index (χ1) is 13.0. The van der Waals surface area contributed by atoms with E-state index in [2.05, 4.69) is 10.5 Å². The second kappa shape index (κ2) is 7.13. The van der Waals surface area contributed by atoms with Crippen molar-refractivity contribution in [2.24, 2.45) is 5.92 Å². The summed E-state index contributed by atoms with van der Waals surface area (Å²) < 4.78 is 40.7. The Morgan fingerprint density at radius 1 is 1.37 bits per heavy atom. The standard InChI is InChI=1S/C21H28F2N2O2/c1-4-15(22)18(16(23)5-2)19-13(20(27-25-19)12-6-7-12)11-26-17-10-21(24-3)9-8-14(17)21/h4,12,14,17,24H,5-11H2,1-3H3/b15-4+,18-16-. The molecule has 1 N–H and O–H groups in total. The molecule has 0 radical (unpaired) electrons. The predicted molar refractivity (Wildman–Crippen MR) is 99.4 cm³/mol. The number of ether oxygens (including phenoxy) is 1. The fourth-order valence-electron chi connectivity index (χ4n) is 4.59. The van der Waals surface area contributed by atoms with Crippen molar-refractivity contribution in [3.63, 3.8) is 0 Å². The van der Waals surface area contributed by atoms with Gasteiger partial charge in [0.15, 0.2) is 0 Å². The van der Waals surface area contributed by atoms with Crippen LogP contribution in [0.15, 0.2) is 22.3 Å². The molecule has 0 spiro atoms. The summed E-state index contributed by atoms with van der Waals surface area (Å²) in [6.07, 6.45) is 6.97. The highest BCUT2D eigenvalue weighted by Gasteiger charge is 2.59. The number of hydrogen-bond acceptors (Lipinski definition) is 4. The van der Waals surface area contributed by atoms with Crippen molar-refractivity contribution in [3.05, 3.63) is 34.7 Å². The van der Waals surface area contributed by atoms with Crippen molar-refractivity contribution in [2.45, 2.75) is 76.5 Å². The highest BCUT2D eigenvalue weighted by Crippen LogP contribution is 2.55. The molecule has 1 heterocycles. The van der Waals surface area contributed by atoms with E-state index in [0.29, 0.717) is 18.4 Å². The Hall–Kier alpha value is -1.53. The number of aromatic nitrogens is 1. The molecule has 0 amide bonds. The zero-order valence-corrected chi connectivity index (χ0v) is 16.3. The normalized spacial score (nSPS) is 31.1. The molecule has 4 rings (SSSR count). The third kappa shape index (κ3) is 3.07. The minimum Gasteiger partial charge on any atom is -0.373 e. The van der Waals surface area contributed by atoms with Gasteiger partial charge in [-0.05, 0) is 52.5 Å². The number of allylic oxidation sites excluding steroid dienone is 4. The van der Waals surface area contributed by atoms with E-state index in [0.717, 1.165) is 30.6 Å².